The molecule has 0 unspecified atom stereocenters. The molecule has 0 bridgehead atoms. The minimum Gasteiger partial charge on any atom is -0.258 e. The van der Waals surface area contributed by atoms with Gasteiger partial charge in [-0.25, -0.2) is 8.78 Å². The summed E-state index contributed by atoms with van der Waals surface area (Å²) in [6, 6.07) is 0. The van der Waals surface area contributed by atoms with E-state index in [4.69, 9.17) is 23.2 Å². The van der Waals surface area contributed by atoms with E-state index in [9.17, 15) is 18.9 Å². The summed E-state index contributed by atoms with van der Waals surface area (Å²) in [7, 11) is 0. The zero-order valence-corrected chi connectivity index (χ0v) is 8.60. The zero-order chi connectivity index (χ0) is 11.6. The number of aromatic nitrogens is 1. The molecule has 0 aromatic carbocycles. The Morgan fingerprint density at radius 1 is 1.60 bits per heavy atom. The van der Waals surface area contributed by atoms with Crippen LogP contribution in [0, 0.1) is 10.1 Å². The van der Waals surface area contributed by atoms with Crippen LogP contribution < -0.4 is 0 Å². The maximum Gasteiger partial charge on any atom is 0.295 e. The van der Waals surface area contributed by atoms with Gasteiger partial charge >= 0.3 is 0 Å². The van der Waals surface area contributed by atoms with Gasteiger partial charge in [0, 0.05) is 6.20 Å². The predicted octanol–water partition coefficient (Wildman–Crippen LogP) is 3.32. The second-order valence-electron chi connectivity index (χ2n) is 2.52. The summed E-state index contributed by atoms with van der Waals surface area (Å²) in [6.45, 7) is 0. The highest BCUT2D eigenvalue weighted by molar-refractivity contribution is 6.33. The molecule has 1 aromatic rings. The van der Waals surface area contributed by atoms with Crippen LogP contribution in [0.25, 0.3) is 0 Å². The first-order valence-corrected chi connectivity index (χ1v) is 4.56. The van der Waals surface area contributed by atoms with E-state index in [1.165, 1.54) is 0 Å². The highest BCUT2D eigenvalue weighted by atomic mass is 35.5. The molecule has 0 saturated carbocycles. The van der Waals surface area contributed by atoms with Crippen LogP contribution in [0.2, 0.25) is 5.02 Å². The van der Waals surface area contributed by atoms with Crippen molar-refractivity contribution in [3.63, 3.8) is 0 Å². The quantitative estimate of drug-likeness (QED) is 0.474. The molecule has 0 fully saturated rings. The number of halogens is 4. The summed E-state index contributed by atoms with van der Waals surface area (Å²) in [5.74, 6) is -0.216. The van der Waals surface area contributed by atoms with Gasteiger partial charge in [-0.2, -0.15) is 0 Å². The molecule has 0 aliphatic heterocycles. The molecule has 0 aliphatic carbocycles. The number of rotatable bonds is 3. The molecule has 0 atom stereocenters. The van der Waals surface area contributed by atoms with Crippen molar-refractivity contribution in [1.82, 2.24) is 4.98 Å². The topological polar surface area (TPSA) is 56.0 Å². The van der Waals surface area contributed by atoms with Crippen molar-refractivity contribution >= 4 is 28.9 Å². The van der Waals surface area contributed by atoms with Crippen LogP contribution in [-0.2, 0) is 5.88 Å². The van der Waals surface area contributed by atoms with E-state index in [1.54, 1.807) is 0 Å². The zero-order valence-electron chi connectivity index (χ0n) is 7.08. The van der Waals surface area contributed by atoms with Crippen LogP contribution in [0.3, 0.4) is 0 Å². The van der Waals surface area contributed by atoms with Gasteiger partial charge in [-0.1, -0.05) is 11.6 Å². The number of hydrogen-bond donors (Lipinski definition) is 0. The van der Waals surface area contributed by atoms with E-state index >= 15 is 0 Å². The fourth-order valence-corrected chi connectivity index (χ4v) is 1.49. The Kier molecular flexibility index (Phi) is 3.76. The molecule has 15 heavy (non-hydrogen) atoms. The van der Waals surface area contributed by atoms with E-state index in [-0.39, 0.29) is 11.4 Å². The van der Waals surface area contributed by atoms with Gasteiger partial charge in [0.05, 0.1) is 16.4 Å². The first-order chi connectivity index (χ1) is 6.99. The summed E-state index contributed by atoms with van der Waals surface area (Å²) >= 11 is 10.8. The van der Waals surface area contributed by atoms with Gasteiger partial charge in [-0.05, 0) is 0 Å². The molecule has 0 N–H and O–H groups in total. The number of alkyl halides is 3. The lowest BCUT2D eigenvalue weighted by Crippen LogP contribution is -2.01. The van der Waals surface area contributed by atoms with Crippen LogP contribution in [-0.4, -0.2) is 9.91 Å². The van der Waals surface area contributed by atoms with Crippen molar-refractivity contribution in [1.29, 1.82) is 0 Å². The molecule has 4 nitrogen and oxygen atoms in total. The lowest BCUT2D eigenvalue weighted by molar-refractivity contribution is -0.385. The molecule has 0 aliphatic rings. The van der Waals surface area contributed by atoms with Crippen LogP contribution in [0.15, 0.2) is 6.20 Å². The summed E-state index contributed by atoms with van der Waals surface area (Å²) < 4.78 is 24.6. The first kappa shape index (κ1) is 12.1. The lowest BCUT2D eigenvalue weighted by atomic mass is 10.2. The monoisotopic (exact) mass is 256 g/mol. The second-order valence-corrected chi connectivity index (χ2v) is 3.17. The maximum atomic E-state index is 12.3. The molecule has 1 rings (SSSR count). The Hall–Kier alpha value is -1.01. The van der Waals surface area contributed by atoms with Crippen molar-refractivity contribution < 1.29 is 13.7 Å². The summed E-state index contributed by atoms with van der Waals surface area (Å²) in [5, 5.41) is 9.91. The van der Waals surface area contributed by atoms with E-state index in [0.29, 0.717) is 0 Å². The van der Waals surface area contributed by atoms with Crippen molar-refractivity contribution in [3.05, 3.63) is 32.6 Å². The average molecular weight is 257 g/mol. The molecule has 1 heterocycles. The molecule has 0 radical (unpaired) electrons. The Morgan fingerprint density at radius 3 is 2.60 bits per heavy atom. The minimum atomic E-state index is -2.96. The van der Waals surface area contributed by atoms with Crippen LogP contribution in [0.1, 0.15) is 17.7 Å². The predicted molar refractivity (Wildman–Crippen MR) is 50.4 cm³/mol. The van der Waals surface area contributed by atoms with Gasteiger partial charge in [0.15, 0.2) is 0 Å². The Morgan fingerprint density at radius 2 is 2.20 bits per heavy atom. The SMILES string of the molecule is O=[N+]([O-])c1c(CCl)cnc(C(F)F)c1Cl. The molecule has 8 heteroatoms. The van der Waals surface area contributed by atoms with Crippen LogP contribution >= 0.6 is 23.2 Å². The molecule has 0 saturated heterocycles. The number of pyridine rings is 1. The van der Waals surface area contributed by atoms with E-state index in [1.807, 2.05) is 0 Å². The molecular formula is C7H4Cl2F2N2O2. The van der Waals surface area contributed by atoms with Crippen LogP contribution in [0.4, 0.5) is 14.5 Å². The maximum absolute atomic E-state index is 12.3. The highest BCUT2D eigenvalue weighted by Crippen LogP contribution is 2.35. The van der Waals surface area contributed by atoms with Crippen molar-refractivity contribution in [2.24, 2.45) is 0 Å². The molecular weight excluding hydrogens is 253 g/mol. The van der Waals surface area contributed by atoms with Crippen molar-refractivity contribution in [2.75, 3.05) is 0 Å². The smallest absolute Gasteiger partial charge is 0.258 e. The molecule has 82 valence electrons. The third-order valence-electron chi connectivity index (χ3n) is 1.63. The fraction of sp³-hybridized carbons (Fsp3) is 0.286. The largest absolute Gasteiger partial charge is 0.295 e. The van der Waals surface area contributed by atoms with Crippen molar-refractivity contribution in [2.45, 2.75) is 12.3 Å². The molecule has 0 amide bonds. The van der Waals surface area contributed by atoms with Gasteiger partial charge in [-0.15, -0.1) is 11.6 Å². The third kappa shape index (κ3) is 2.32. The van der Waals surface area contributed by atoms with Crippen LogP contribution in [0.5, 0.6) is 0 Å². The summed E-state index contributed by atoms with van der Waals surface area (Å²) in [4.78, 5) is 13.0. The Bertz CT molecular complexity index is 401. The van der Waals surface area contributed by atoms with Gasteiger partial charge in [0.2, 0.25) is 0 Å². The van der Waals surface area contributed by atoms with Gasteiger partial charge < -0.3 is 0 Å². The Balaban J connectivity index is 3.42. The summed E-state index contributed by atoms with van der Waals surface area (Å²) in [6.07, 6.45) is -2.03. The first-order valence-electron chi connectivity index (χ1n) is 3.64. The minimum absolute atomic E-state index is 0.0102. The molecule has 1 aromatic heterocycles. The Labute approximate surface area is 93.0 Å². The number of nitro groups is 1. The standard InChI is InChI=1S/C7H4Cl2F2N2O2/c8-1-3-2-12-5(7(10)11)4(9)6(3)13(14)15/h2,7H,1H2. The van der Waals surface area contributed by atoms with Gasteiger partial charge in [-0.3, -0.25) is 15.1 Å². The van der Waals surface area contributed by atoms with Gasteiger partial charge in [0.25, 0.3) is 12.1 Å². The average Bonchev–Trinajstić information content (AvgIpc) is 2.15. The fourth-order valence-electron chi connectivity index (χ4n) is 0.975. The molecule has 0 spiro atoms. The van der Waals surface area contributed by atoms with E-state index < -0.39 is 27.8 Å². The van der Waals surface area contributed by atoms with Gasteiger partial charge in [0.1, 0.15) is 10.7 Å². The number of hydrogen-bond acceptors (Lipinski definition) is 3. The summed E-state index contributed by atoms with van der Waals surface area (Å²) in [5.41, 5.74) is -1.41. The third-order valence-corrected chi connectivity index (χ3v) is 2.29. The lowest BCUT2D eigenvalue weighted by Gasteiger charge is -2.05. The normalized spacial score (nSPS) is 10.7. The number of nitrogens with zero attached hydrogens (tertiary/aromatic N) is 2. The van der Waals surface area contributed by atoms with E-state index in [0.717, 1.165) is 6.20 Å². The highest BCUT2D eigenvalue weighted by Gasteiger charge is 2.26. The van der Waals surface area contributed by atoms with E-state index in [2.05, 4.69) is 4.98 Å². The second kappa shape index (κ2) is 4.67. The van der Waals surface area contributed by atoms with Crippen molar-refractivity contribution in [3.8, 4) is 0 Å².